The highest BCUT2D eigenvalue weighted by atomic mass is 35.5. The molecule has 0 bridgehead atoms. The molecule has 0 radical (unpaired) electrons. The average Bonchev–Trinajstić information content (AvgIpc) is 2.49. The standard InChI is InChI=1S/C15H9Cl2FN2O3/c16-11-4-1-9(7-14(11)20(22)23)2-6-15(21)19-13-5-3-10(18)8-12(13)17/h1-8H,(H,19,21)/b6-2+. The maximum absolute atomic E-state index is 12.9. The van der Waals surface area contributed by atoms with E-state index in [1.165, 1.54) is 36.4 Å². The number of halogens is 3. The lowest BCUT2D eigenvalue weighted by Crippen LogP contribution is -2.08. The molecule has 0 heterocycles. The molecule has 8 heteroatoms. The predicted molar refractivity (Wildman–Crippen MR) is 87.2 cm³/mol. The number of carbonyl (C=O) groups is 1. The first kappa shape index (κ1) is 16.9. The fourth-order valence-corrected chi connectivity index (χ4v) is 2.11. The van der Waals surface area contributed by atoms with E-state index in [1.807, 2.05) is 0 Å². The molecular weight excluding hydrogens is 346 g/mol. The van der Waals surface area contributed by atoms with Crippen molar-refractivity contribution in [2.45, 2.75) is 0 Å². The van der Waals surface area contributed by atoms with Gasteiger partial charge in [-0.2, -0.15) is 0 Å². The Bertz CT molecular complexity index is 809. The molecule has 1 amide bonds. The van der Waals surface area contributed by atoms with Gasteiger partial charge in [0, 0.05) is 12.1 Å². The van der Waals surface area contributed by atoms with E-state index >= 15 is 0 Å². The van der Waals surface area contributed by atoms with Crippen LogP contribution in [0, 0.1) is 15.9 Å². The van der Waals surface area contributed by atoms with Crippen LogP contribution < -0.4 is 5.32 Å². The van der Waals surface area contributed by atoms with Gasteiger partial charge < -0.3 is 5.32 Å². The third-order valence-corrected chi connectivity index (χ3v) is 3.42. The predicted octanol–water partition coefficient (Wildman–Crippen LogP) is 4.69. The van der Waals surface area contributed by atoms with Gasteiger partial charge in [-0.3, -0.25) is 14.9 Å². The molecule has 0 aliphatic heterocycles. The number of nitro groups is 1. The van der Waals surface area contributed by atoms with Gasteiger partial charge in [-0.1, -0.05) is 29.3 Å². The second-order valence-corrected chi connectivity index (χ2v) is 5.23. The maximum atomic E-state index is 12.9. The van der Waals surface area contributed by atoms with Gasteiger partial charge in [0.15, 0.2) is 0 Å². The Morgan fingerprint density at radius 1 is 1.17 bits per heavy atom. The van der Waals surface area contributed by atoms with Gasteiger partial charge in [0.05, 0.1) is 15.6 Å². The van der Waals surface area contributed by atoms with Crippen LogP contribution in [-0.2, 0) is 4.79 Å². The number of amides is 1. The lowest BCUT2D eigenvalue weighted by molar-refractivity contribution is -0.384. The van der Waals surface area contributed by atoms with Crippen molar-refractivity contribution in [1.82, 2.24) is 0 Å². The fourth-order valence-electron chi connectivity index (χ4n) is 1.71. The molecule has 0 fully saturated rings. The van der Waals surface area contributed by atoms with E-state index in [4.69, 9.17) is 23.2 Å². The van der Waals surface area contributed by atoms with Crippen LogP contribution in [0.25, 0.3) is 6.08 Å². The number of rotatable bonds is 4. The van der Waals surface area contributed by atoms with E-state index in [9.17, 15) is 19.3 Å². The Labute approximate surface area is 140 Å². The summed E-state index contributed by atoms with van der Waals surface area (Å²) in [6.07, 6.45) is 2.56. The second-order valence-electron chi connectivity index (χ2n) is 4.41. The summed E-state index contributed by atoms with van der Waals surface area (Å²) in [6, 6.07) is 7.71. The van der Waals surface area contributed by atoms with E-state index in [2.05, 4.69) is 5.32 Å². The van der Waals surface area contributed by atoms with Crippen molar-refractivity contribution < 1.29 is 14.1 Å². The van der Waals surface area contributed by atoms with Crippen LogP contribution in [0.1, 0.15) is 5.56 Å². The number of hydrogen-bond acceptors (Lipinski definition) is 3. The second kappa shape index (κ2) is 7.21. The van der Waals surface area contributed by atoms with E-state index in [1.54, 1.807) is 0 Å². The van der Waals surface area contributed by atoms with Gasteiger partial charge in [-0.15, -0.1) is 0 Å². The topological polar surface area (TPSA) is 72.2 Å². The zero-order valence-corrected chi connectivity index (χ0v) is 12.9. The van der Waals surface area contributed by atoms with Crippen LogP contribution in [0.15, 0.2) is 42.5 Å². The van der Waals surface area contributed by atoms with Crippen molar-refractivity contribution in [3.8, 4) is 0 Å². The summed E-state index contributed by atoms with van der Waals surface area (Å²) in [5.41, 5.74) is 0.432. The smallest absolute Gasteiger partial charge is 0.288 e. The van der Waals surface area contributed by atoms with E-state index < -0.39 is 16.6 Å². The Hall–Kier alpha value is -2.44. The molecule has 0 aliphatic carbocycles. The molecule has 0 saturated carbocycles. The minimum atomic E-state index is -0.613. The molecule has 0 spiro atoms. The number of benzene rings is 2. The van der Waals surface area contributed by atoms with Gasteiger partial charge in [0.25, 0.3) is 5.69 Å². The molecule has 2 aromatic rings. The normalized spacial score (nSPS) is 10.7. The summed E-state index contributed by atoms with van der Waals surface area (Å²) >= 11 is 11.5. The van der Waals surface area contributed by atoms with Crippen molar-refractivity contribution in [2.75, 3.05) is 5.32 Å². The third kappa shape index (κ3) is 4.51. The Morgan fingerprint density at radius 3 is 2.57 bits per heavy atom. The lowest BCUT2D eigenvalue weighted by Gasteiger charge is -2.04. The van der Waals surface area contributed by atoms with Crippen LogP contribution in [0.5, 0.6) is 0 Å². The van der Waals surface area contributed by atoms with Crippen LogP contribution in [-0.4, -0.2) is 10.8 Å². The third-order valence-electron chi connectivity index (χ3n) is 2.78. The fraction of sp³-hybridized carbons (Fsp3) is 0. The molecule has 0 aliphatic rings. The minimum Gasteiger partial charge on any atom is -0.321 e. The Kier molecular flexibility index (Phi) is 5.31. The SMILES string of the molecule is O=C(/C=C/c1ccc(Cl)c([N+](=O)[O-])c1)Nc1ccc(F)cc1Cl. The summed E-state index contributed by atoms with van der Waals surface area (Å²) in [5, 5.41) is 13.3. The van der Waals surface area contributed by atoms with Crippen molar-refractivity contribution in [3.05, 3.63) is 74.0 Å². The van der Waals surface area contributed by atoms with Crippen LogP contribution >= 0.6 is 23.2 Å². The zero-order chi connectivity index (χ0) is 17.0. The quantitative estimate of drug-likeness (QED) is 0.491. The van der Waals surface area contributed by atoms with Crippen molar-refractivity contribution in [3.63, 3.8) is 0 Å². The number of nitrogens with one attached hydrogen (secondary N) is 1. The van der Waals surface area contributed by atoms with Gasteiger partial charge in [0.2, 0.25) is 5.91 Å². The largest absolute Gasteiger partial charge is 0.321 e. The highest BCUT2D eigenvalue weighted by Gasteiger charge is 2.11. The molecule has 1 N–H and O–H groups in total. The first-order valence-corrected chi connectivity index (χ1v) is 7.00. The number of nitrogens with zero attached hydrogens (tertiary/aromatic N) is 1. The summed E-state index contributed by atoms with van der Waals surface area (Å²) < 4.78 is 12.9. The number of anilines is 1. The highest BCUT2D eigenvalue weighted by Crippen LogP contribution is 2.26. The average molecular weight is 355 g/mol. The van der Waals surface area contributed by atoms with Gasteiger partial charge >= 0.3 is 0 Å². The zero-order valence-electron chi connectivity index (χ0n) is 11.4. The van der Waals surface area contributed by atoms with Gasteiger partial charge in [0.1, 0.15) is 10.8 Å². The Balaban J connectivity index is 2.12. The van der Waals surface area contributed by atoms with Crippen LogP contribution in [0.3, 0.4) is 0 Å². The van der Waals surface area contributed by atoms with Crippen molar-refractivity contribution in [1.29, 1.82) is 0 Å². The molecule has 23 heavy (non-hydrogen) atoms. The summed E-state index contributed by atoms with van der Waals surface area (Å²) in [7, 11) is 0. The molecule has 0 aromatic heterocycles. The number of nitro benzene ring substituents is 1. The molecule has 2 aromatic carbocycles. The Morgan fingerprint density at radius 2 is 1.91 bits per heavy atom. The van der Waals surface area contributed by atoms with E-state index in [0.29, 0.717) is 5.56 Å². The maximum Gasteiger partial charge on any atom is 0.288 e. The first-order chi connectivity index (χ1) is 10.9. The summed E-state index contributed by atoms with van der Waals surface area (Å²) in [4.78, 5) is 22.0. The van der Waals surface area contributed by atoms with Crippen LogP contribution in [0.2, 0.25) is 10.0 Å². The summed E-state index contributed by atoms with van der Waals surface area (Å²) in [6.45, 7) is 0. The van der Waals surface area contributed by atoms with Gasteiger partial charge in [-0.05, 0) is 35.9 Å². The van der Waals surface area contributed by atoms with Crippen LogP contribution in [0.4, 0.5) is 15.8 Å². The van der Waals surface area contributed by atoms with Crippen molar-refractivity contribution >= 4 is 46.6 Å². The molecular formula is C15H9Cl2FN2O3. The molecule has 0 atom stereocenters. The highest BCUT2D eigenvalue weighted by molar-refractivity contribution is 6.34. The molecule has 118 valence electrons. The number of hydrogen-bond donors (Lipinski definition) is 1. The lowest BCUT2D eigenvalue weighted by atomic mass is 10.2. The first-order valence-electron chi connectivity index (χ1n) is 6.25. The number of carbonyl (C=O) groups excluding carboxylic acids is 1. The minimum absolute atomic E-state index is 0.00898. The molecule has 2 rings (SSSR count). The molecule has 0 saturated heterocycles. The molecule has 0 unspecified atom stereocenters. The van der Waals surface area contributed by atoms with Crippen molar-refractivity contribution in [2.24, 2.45) is 0 Å². The van der Waals surface area contributed by atoms with E-state index in [0.717, 1.165) is 12.1 Å². The summed E-state index contributed by atoms with van der Waals surface area (Å²) in [5.74, 6) is -1.03. The molecule has 5 nitrogen and oxygen atoms in total. The monoisotopic (exact) mass is 354 g/mol. The van der Waals surface area contributed by atoms with Gasteiger partial charge in [-0.25, -0.2) is 4.39 Å². The van der Waals surface area contributed by atoms with E-state index in [-0.39, 0.29) is 21.4 Å².